The number of hydrogen-bond acceptors (Lipinski definition) is 5. The Hall–Kier alpha value is -2.42. The molecule has 0 radical (unpaired) electrons. The topological polar surface area (TPSA) is 108 Å². The minimum atomic E-state index is -0.648. The first-order valence-corrected chi connectivity index (χ1v) is 6.48. The molecule has 0 atom stereocenters. The Morgan fingerprint density at radius 3 is 2.81 bits per heavy atom. The molecule has 0 aliphatic carbocycles. The normalized spacial score (nSPS) is 10.6. The fourth-order valence-electron chi connectivity index (χ4n) is 1.91. The molecule has 9 nitrogen and oxygen atoms in total. The summed E-state index contributed by atoms with van der Waals surface area (Å²) >= 11 is 5.98. The maximum Gasteiger partial charge on any atom is 0.320 e. The second-order valence-electron chi connectivity index (χ2n) is 4.20. The van der Waals surface area contributed by atoms with Crippen molar-refractivity contribution in [3.05, 3.63) is 38.9 Å². The van der Waals surface area contributed by atoms with Crippen LogP contribution < -0.4 is 5.32 Å². The van der Waals surface area contributed by atoms with Crippen molar-refractivity contribution in [2.24, 2.45) is 7.05 Å². The summed E-state index contributed by atoms with van der Waals surface area (Å²) in [4.78, 5) is 22.3. The largest absolute Gasteiger partial charge is 0.345 e. The lowest BCUT2D eigenvalue weighted by molar-refractivity contribution is -0.385. The average molecular weight is 313 g/mol. The summed E-state index contributed by atoms with van der Waals surface area (Å²) in [7, 11) is 1.46. The standard InChI is InChI=1S/C11H13ClN6O3/c1-3-17-8(7(12)4-15-17)5-13-11(19)10-9(18(20)21)6-14-16(10)2/h4,6H,3,5H2,1-2H3,(H,13,19). The van der Waals surface area contributed by atoms with Crippen molar-refractivity contribution in [3.8, 4) is 0 Å². The van der Waals surface area contributed by atoms with Crippen LogP contribution in [0, 0.1) is 10.1 Å². The smallest absolute Gasteiger partial charge is 0.320 e. The Morgan fingerprint density at radius 1 is 1.48 bits per heavy atom. The zero-order valence-electron chi connectivity index (χ0n) is 11.4. The molecule has 2 heterocycles. The lowest BCUT2D eigenvalue weighted by atomic mass is 10.3. The SMILES string of the molecule is CCn1ncc(Cl)c1CNC(=O)c1c([N+](=O)[O-])cnn1C. The predicted octanol–water partition coefficient (Wildman–Crippen LogP) is 1.13. The van der Waals surface area contributed by atoms with Gasteiger partial charge in [0.05, 0.1) is 28.4 Å². The number of carbonyl (C=O) groups is 1. The molecule has 2 aromatic rings. The third-order valence-corrected chi connectivity index (χ3v) is 3.26. The maximum atomic E-state index is 12.1. The lowest BCUT2D eigenvalue weighted by Gasteiger charge is -2.07. The number of nitrogens with zero attached hydrogens (tertiary/aromatic N) is 5. The first kappa shape index (κ1) is 15.0. The van der Waals surface area contributed by atoms with E-state index in [1.54, 1.807) is 4.68 Å². The molecule has 0 aliphatic heterocycles. The van der Waals surface area contributed by atoms with Crippen LogP contribution in [0.25, 0.3) is 0 Å². The van der Waals surface area contributed by atoms with Gasteiger partial charge in [-0.15, -0.1) is 0 Å². The van der Waals surface area contributed by atoms with Crippen LogP contribution in [0.3, 0.4) is 0 Å². The van der Waals surface area contributed by atoms with Gasteiger partial charge in [0.1, 0.15) is 6.20 Å². The number of nitrogens with one attached hydrogen (secondary N) is 1. The van der Waals surface area contributed by atoms with E-state index in [2.05, 4.69) is 15.5 Å². The number of rotatable bonds is 5. The highest BCUT2D eigenvalue weighted by Gasteiger charge is 2.25. The van der Waals surface area contributed by atoms with E-state index in [0.29, 0.717) is 17.3 Å². The number of nitro groups is 1. The average Bonchev–Trinajstić information content (AvgIpc) is 2.99. The van der Waals surface area contributed by atoms with Crippen molar-refractivity contribution in [3.63, 3.8) is 0 Å². The molecule has 1 amide bonds. The number of hydrogen-bond donors (Lipinski definition) is 1. The molecule has 0 saturated carbocycles. The Kier molecular flexibility index (Phi) is 4.22. The van der Waals surface area contributed by atoms with Gasteiger partial charge in [-0.25, -0.2) is 0 Å². The third-order valence-electron chi connectivity index (χ3n) is 2.94. The fourth-order valence-corrected chi connectivity index (χ4v) is 2.11. The molecule has 0 aliphatic rings. The number of aryl methyl sites for hydroxylation is 2. The molecular weight excluding hydrogens is 300 g/mol. The maximum absolute atomic E-state index is 12.1. The van der Waals surface area contributed by atoms with Crippen LogP contribution in [-0.4, -0.2) is 30.4 Å². The molecule has 0 aromatic carbocycles. The van der Waals surface area contributed by atoms with E-state index in [1.165, 1.54) is 13.2 Å². The third kappa shape index (κ3) is 2.87. The number of aromatic nitrogens is 4. The number of amides is 1. The second kappa shape index (κ2) is 5.92. The molecule has 112 valence electrons. The minimum absolute atomic E-state index is 0.112. The number of carbonyl (C=O) groups excluding carboxylic acids is 1. The molecule has 2 rings (SSSR count). The van der Waals surface area contributed by atoms with Crippen LogP contribution in [0.1, 0.15) is 23.1 Å². The summed E-state index contributed by atoms with van der Waals surface area (Å²) in [5.74, 6) is -0.596. The summed E-state index contributed by atoms with van der Waals surface area (Å²) in [5.41, 5.74) is 0.182. The van der Waals surface area contributed by atoms with Gasteiger partial charge in [-0.05, 0) is 6.92 Å². The molecular formula is C11H13ClN6O3. The molecule has 0 bridgehead atoms. The van der Waals surface area contributed by atoms with Crippen molar-refractivity contribution in [2.45, 2.75) is 20.0 Å². The van der Waals surface area contributed by atoms with Gasteiger partial charge in [-0.1, -0.05) is 11.6 Å². The summed E-state index contributed by atoms with van der Waals surface area (Å²) in [6.45, 7) is 2.61. The summed E-state index contributed by atoms with van der Waals surface area (Å²) < 4.78 is 2.80. The minimum Gasteiger partial charge on any atom is -0.345 e. The predicted molar refractivity (Wildman–Crippen MR) is 73.9 cm³/mol. The first-order valence-electron chi connectivity index (χ1n) is 6.10. The van der Waals surface area contributed by atoms with Gasteiger partial charge in [0.2, 0.25) is 5.69 Å². The zero-order valence-corrected chi connectivity index (χ0v) is 12.2. The van der Waals surface area contributed by atoms with Gasteiger partial charge in [0, 0.05) is 13.6 Å². The zero-order chi connectivity index (χ0) is 15.6. The van der Waals surface area contributed by atoms with Crippen LogP contribution in [-0.2, 0) is 20.1 Å². The van der Waals surface area contributed by atoms with E-state index in [0.717, 1.165) is 10.9 Å². The fraction of sp³-hybridized carbons (Fsp3) is 0.364. The molecule has 10 heteroatoms. The van der Waals surface area contributed by atoms with Gasteiger partial charge in [-0.3, -0.25) is 24.3 Å². The van der Waals surface area contributed by atoms with E-state index in [-0.39, 0.29) is 17.9 Å². The van der Waals surface area contributed by atoms with Crippen molar-refractivity contribution >= 4 is 23.2 Å². The van der Waals surface area contributed by atoms with Crippen LogP contribution in [0.4, 0.5) is 5.69 Å². The second-order valence-corrected chi connectivity index (χ2v) is 4.60. The molecule has 0 spiro atoms. The highest BCUT2D eigenvalue weighted by Crippen LogP contribution is 2.18. The van der Waals surface area contributed by atoms with E-state index >= 15 is 0 Å². The van der Waals surface area contributed by atoms with Crippen molar-refractivity contribution in [1.82, 2.24) is 24.9 Å². The molecule has 21 heavy (non-hydrogen) atoms. The number of halogens is 1. The van der Waals surface area contributed by atoms with Crippen molar-refractivity contribution < 1.29 is 9.72 Å². The van der Waals surface area contributed by atoms with E-state index < -0.39 is 10.8 Å². The lowest BCUT2D eigenvalue weighted by Crippen LogP contribution is -2.27. The van der Waals surface area contributed by atoms with Gasteiger partial charge < -0.3 is 5.32 Å². The van der Waals surface area contributed by atoms with Crippen molar-refractivity contribution in [1.29, 1.82) is 0 Å². The summed E-state index contributed by atoms with van der Waals surface area (Å²) in [5, 5.41) is 21.7. The van der Waals surface area contributed by atoms with Gasteiger partial charge >= 0.3 is 5.69 Å². The Bertz CT molecular complexity index is 692. The van der Waals surface area contributed by atoms with Crippen LogP contribution in [0.5, 0.6) is 0 Å². The van der Waals surface area contributed by atoms with Gasteiger partial charge in [0.25, 0.3) is 5.91 Å². The van der Waals surface area contributed by atoms with E-state index in [1.807, 2.05) is 6.92 Å². The Morgan fingerprint density at radius 2 is 2.19 bits per heavy atom. The van der Waals surface area contributed by atoms with Crippen LogP contribution in [0.2, 0.25) is 5.02 Å². The molecule has 0 saturated heterocycles. The molecule has 1 N–H and O–H groups in total. The first-order chi connectivity index (χ1) is 9.95. The Balaban J connectivity index is 2.18. The highest BCUT2D eigenvalue weighted by molar-refractivity contribution is 6.31. The van der Waals surface area contributed by atoms with Crippen molar-refractivity contribution in [2.75, 3.05) is 0 Å². The Labute approximate surface area is 124 Å². The molecule has 0 fully saturated rings. The van der Waals surface area contributed by atoms with Crippen LogP contribution in [0.15, 0.2) is 12.4 Å². The van der Waals surface area contributed by atoms with E-state index in [4.69, 9.17) is 11.6 Å². The van der Waals surface area contributed by atoms with Gasteiger partial charge in [-0.2, -0.15) is 10.2 Å². The van der Waals surface area contributed by atoms with Gasteiger partial charge in [0.15, 0.2) is 0 Å². The highest BCUT2D eigenvalue weighted by atomic mass is 35.5. The monoisotopic (exact) mass is 312 g/mol. The molecule has 2 aromatic heterocycles. The molecule has 0 unspecified atom stereocenters. The van der Waals surface area contributed by atoms with E-state index in [9.17, 15) is 14.9 Å². The quantitative estimate of drug-likeness (QED) is 0.657. The summed E-state index contributed by atoms with van der Waals surface area (Å²) in [6.07, 6.45) is 2.53. The van der Waals surface area contributed by atoms with Crippen LogP contribution >= 0.6 is 11.6 Å². The summed E-state index contributed by atoms with van der Waals surface area (Å²) in [6, 6.07) is 0.